The van der Waals surface area contributed by atoms with Crippen LogP contribution in [0.15, 0.2) is 39.0 Å². The summed E-state index contributed by atoms with van der Waals surface area (Å²) < 4.78 is 4.05. The summed E-state index contributed by atoms with van der Waals surface area (Å²) in [6.07, 6.45) is 0.637. The number of benzene rings is 1. The standard InChI is InChI=1S/C20H23ClN6O3S/c1-4-10-27-16(22)15(18(29)25(3)20(27)30)14(28)11-31-19-24-23-17(26(19)5-2)12-6-8-13(21)9-7-12/h6-9H,4-5,10-11,22H2,1-3H3. The molecule has 0 radical (unpaired) electrons. The predicted molar refractivity (Wildman–Crippen MR) is 122 cm³/mol. The van der Waals surface area contributed by atoms with Crippen molar-refractivity contribution in [2.24, 2.45) is 7.05 Å². The molecular formula is C20H23ClN6O3S. The third-order valence-electron chi connectivity index (χ3n) is 4.78. The maximum Gasteiger partial charge on any atom is 0.332 e. The smallest absolute Gasteiger partial charge is 0.332 e. The van der Waals surface area contributed by atoms with E-state index < -0.39 is 17.0 Å². The van der Waals surface area contributed by atoms with Crippen molar-refractivity contribution in [1.82, 2.24) is 23.9 Å². The van der Waals surface area contributed by atoms with Crippen molar-refractivity contribution < 1.29 is 4.79 Å². The normalized spacial score (nSPS) is 11.1. The second-order valence-corrected chi connectivity index (χ2v) is 8.21. The van der Waals surface area contributed by atoms with E-state index in [1.807, 2.05) is 30.5 Å². The Hall–Kier alpha value is -2.85. The number of hydrogen-bond donors (Lipinski definition) is 1. The fraction of sp³-hybridized carbons (Fsp3) is 0.350. The molecule has 0 aliphatic heterocycles. The van der Waals surface area contributed by atoms with E-state index in [-0.39, 0.29) is 17.1 Å². The lowest BCUT2D eigenvalue weighted by atomic mass is 10.2. The van der Waals surface area contributed by atoms with Crippen LogP contribution < -0.4 is 17.0 Å². The number of Topliss-reactive ketones (excluding diaryl/α,β-unsaturated/α-hetero) is 1. The lowest BCUT2D eigenvalue weighted by Crippen LogP contribution is -2.42. The van der Waals surface area contributed by atoms with Gasteiger partial charge < -0.3 is 10.3 Å². The zero-order chi connectivity index (χ0) is 22.7. The Kier molecular flexibility index (Phi) is 7.01. The molecule has 0 fully saturated rings. The van der Waals surface area contributed by atoms with Crippen molar-refractivity contribution in [3.8, 4) is 11.4 Å². The highest BCUT2D eigenvalue weighted by Crippen LogP contribution is 2.25. The molecule has 0 amide bonds. The van der Waals surface area contributed by atoms with Gasteiger partial charge in [-0.25, -0.2) is 4.79 Å². The molecule has 0 atom stereocenters. The molecule has 0 saturated carbocycles. The molecule has 1 aromatic carbocycles. The first-order chi connectivity index (χ1) is 14.8. The quantitative estimate of drug-likeness (QED) is 0.403. The van der Waals surface area contributed by atoms with Crippen LogP contribution in [-0.2, 0) is 20.1 Å². The van der Waals surface area contributed by atoms with Crippen LogP contribution in [0.2, 0.25) is 5.02 Å². The molecular weight excluding hydrogens is 440 g/mol. The van der Waals surface area contributed by atoms with E-state index in [1.54, 1.807) is 12.1 Å². The van der Waals surface area contributed by atoms with Crippen LogP contribution in [0.25, 0.3) is 11.4 Å². The first-order valence-electron chi connectivity index (χ1n) is 9.74. The average Bonchev–Trinajstić information content (AvgIpc) is 3.17. The number of ketones is 1. The Bertz CT molecular complexity index is 1230. The molecule has 2 N–H and O–H groups in total. The zero-order valence-electron chi connectivity index (χ0n) is 17.5. The fourth-order valence-electron chi connectivity index (χ4n) is 3.18. The third kappa shape index (κ3) is 4.45. The van der Waals surface area contributed by atoms with Gasteiger partial charge in [0.15, 0.2) is 16.8 Å². The summed E-state index contributed by atoms with van der Waals surface area (Å²) in [5, 5.41) is 9.59. The van der Waals surface area contributed by atoms with Crippen LogP contribution in [0.4, 0.5) is 5.82 Å². The summed E-state index contributed by atoms with van der Waals surface area (Å²) in [4.78, 5) is 37.7. The van der Waals surface area contributed by atoms with Crippen molar-refractivity contribution in [3.63, 3.8) is 0 Å². The van der Waals surface area contributed by atoms with Gasteiger partial charge in [-0.3, -0.25) is 18.7 Å². The minimum atomic E-state index is -0.695. The SMILES string of the molecule is CCCn1c(N)c(C(=O)CSc2nnc(-c3ccc(Cl)cc3)n2CC)c(=O)n(C)c1=O. The Morgan fingerprint density at radius 1 is 1.13 bits per heavy atom. The van der Waals surface area contributed by atoms with Gasteiger partial charge in [0.05, 0.1) is 5.75 Å². The number of nitrogens with two attached hydrogens (primary N) is 1. The predicted octanol–water partition coefficient (Wildman–Crippen LogP) is 2.45. The number of carbonyl (C=O) groups excluding carboxylic acids is 1. The van der Waals surface area contributed by atoms with E-state index in [4.69, 9.17) is 17.3 Å². The van der Waals surface area contributed by atoms with Crippen LogP contribution in [-0.4, -0.2) is 35.4 Å². The lowest BCUT2D eigenvalue weighted by Gasteiger charge is -2.13. The van der Waals surface area contributed by atoms with E-state index in [1.165, 1.54) is 11.6 Å². The summed E-state index contributed by atoms with van der Waals surface area (Å²) in [5.41, 5.74) is 5.47. The fourth-order valence-corrected chi connectivity index (χ4v) is 4.18. The number of thioether (sulfide) groups is 1. The number of anilines is 1. The van der Waals surface area contributed by atoms with Crippen LogP contribution in [0.3, 0.4) is 0 Å². The minimum Gasteiger partial charge on any atom is -0.384 e. The van der Waals surface area contributed by atoms with Crippen LogP contribution in [0.1, 0.15) is 30.6 Å². The molecule has 0 bridgehead atoms. The number of carbonyl (C=O) groups is 1. The van der Waals surface area contributed by atoms with Gasteiger partial charge in [-0.15, -0.1) is 10.2 Å². The maximum atomic E-state index is 12.9. The molecule has 9 nitrogen and oxygen atoms in total. The first-order valence-corrected chi connectivity index (χ1v) is 11.1. The molecule has 31 heavy (non-hydrogen) atoms. The van der Waals surface area contributed by atoms with Crippen LogP contribution in [0.5, 0.6) is 0 Å². The Morgan fingerprint density at radius 2 is 1.81 bits per heavy atom. The van der Waals surface area contributed by atoms with E-state index in [9.17, 15) is 14.4 Å². The minimum absolute atomic E-state index is 0.0669. The summed E-state index contributed by atoms with van der Waals surface area (Å²) in [6.45, 7) is 4.74. The second-order valence-electron chi connectivity index (χ2n) is 6.83. The van der Waals surface area contributed by atoms with Crippen molar-refractivity contribution >= 4 is 35.0 Å². The second kappa shape index (κ2) is 9.52. The maximum absolute atomic E-state index is 12.9. The summed E-state index contributed by atoms with van der Waals surface area (Å²) in [6, 6.07) is 7.23. The number of nitrogens with zero attached hydrogens (tertiary/aromatic N) is 5. The molecule has 0 aliphatic rings. The molecule has 11 heteroatoms. The number of rotatable bonds is 8. The highest BCUT2D eigenvalue weighted by molar-refractivity contribution is 7.99. The molecule has 164 valence electrons. The van der Waals surface area contributed by atoms with Gasteiger partial charge in [0.2, 0.25) is 0 Å². The Balaban J connectivity index is 1.89. The molecule has 0 saturated heterocycles. The summed E-state index contributed by atoms with van der Waals surface area (Å²) in [7, 11) is 1.34. The van der Waals surface area contributed by atoms with E-state index in [0.717, 1.165) is 21.9 Å². The van der Waals surface area contributed by atoms with Crippen molar-refractivity contribution in [1.29, 1.82) is 0 Å². The van der Waals surface area contributed by atoms with Gasteiger partial charge in [0.25, 0.3) is 5.56 Å². The summed E-state index contributed by atoms with van der Waals surface area (Å²) in [5.74, 6) is 0.0229. The molecule has 0 aliphatic carbocycles. The summed E-state index contributed by atoms with van der Waals surface area (Å²) >= 11 is 7.12. The van der Waals surface area contributed by atoms with E-state index >= 15 is 0 Å². The molecule has 3 aromatic rings. The number of aromatic nitrogens is 5. The highest BCUT2D eigenvalue weighted by Gasteiger charge is 2.22. The van der Waals surface area contributed by atoms with Crippen molar-refractivity contribution in [3.05, 3.63) is 55.7 Å². The van der Waals surface area contributed by atoms with E-state index in [2.05, 4.69) is 10.2 Å². The van der Waals surface area contributed by atoms with Gasteiger partial charge in [-0.05, 0) is 37.6 Å². The highest BCUT2D eigenvalue weighted by atomic mass is 35.5. The van der Waals surface area contributed by atoms with Gasteiger partial charge in [-0.2, -0.15) is 0 Å². The zero-order valence-corrected chi connectivity index (χ0v) is 19.0. The van der Waals surface area contributed by atoms with Crippen molar-refractivity contribution in [2.45, 2.75) is 38.5 Å². The van der Waals surface area contributed by atoms with Gasteiger partial charge >= 0.3 is 5.69 Å². The Morgan fingerprint density at radius 3 is 2.42 bits per heavy atom. The number of hydrogen-bond acceptors (Lipinski definition) is 7. The number of nitrogen functional groups attached to an aromatic ring is 1. The molecule has 3 rings (SSSR count). The van der Waals surface area contributed by atoms with Gasteiger partial charge in [-0.1, -0.05) is 30.3 Å². The third-order valence-corrected chi connectivity index (χ3v) is 6.00. The van der Waals surface area contributed by atoms with Gasteiger partial charge in [0.1, 0.15) is 11.4 Å². The first kappa shape index (κ1) is 22.8. The van der Waals surface area contributed by atoms with Crippen molar-refractivity contribution in [2.75, 3.05) is 11.5 Å². The molecule has 2 aromatic heterocycles. The van der Waals surface area contributed by atoms with E-state index in [0.29, 0.717) is 35.5 Å². The lowest BCUT2D eigenvalue weighted by molar-refractivity contribution is 0.102. The molecule has 2 heterocycles. The Labute approximate surface area is 187 Å². The largest absolute Gasteiger partial charge is 0.384 e. The monoisotopic (exact) mass is 462 g/mol. The number of halogens is 1. The van der Waals surface area contributed by atoms with Crippen LogP contribution >= 0.6 is 23.4 Å². The molecule has 0 unspecified atom stereocenters. The molecule has 0 spiro atoms. The topological polar surface area (TPSA) is 118 Å². The van der Waals surface area contributed by atoms with Gasteiger partial charge in [0, 0.05) is 30.7 Å². The van der Waals surface area contributed by atoms with Crippen LogP contribution in [0, 0.1) is 0 Å². The average molecular weight is 463 g/mol.